The lowest BCUT2D eigenvalue weighted by Gasteiger charge is -2.07. The first-order valence-electron chi connectivity index (χ1n) is 8.16. The SMILES string of the molecule is O=C(CSc1nc(-c2ccccc2)cc(=O)[nH]1)Nc1ccc2c(c1)OCO2. The Morgan fingerprint density at radius 2 is 1.93 bits per heavy atom. The molecule has 0 spiro atoms. The van der Waals surface area contributed by atoms with Crippen molar-refractivity contribution >= 4 is 23.4 Å². The van der Waals surface area contributed by atoms with E-state index < -0.39 is 0 Å². The predicted molar refractivity (Wildman–Crippen MR) is 102 cm³/mol. The highest BCUT2D eigenvalue weighted by Gasteiger charge is 2.14. The maximum absolute atomic E-state index is 12.2. The van der Waals surface area contributed by atoms with E-state index in [-0.39, 0.29) is 24.0 Å². The number of hydrogen-bond acceptors (Lipinski definition) is 6. The summed E-state index contributed by atoms with van der Waals surface area (Å²) in [4.78, 5) is 31.2. The number of hydrogen-bond donors (Lipinski definition) is 2. The standard InChI is InChI=1S/C19H15N3O4S/c23-17-9-14(12-4-2-1-3-5-12)21-19(22-17)27-10-18(24)20-13-6-7-15-16(8-13)26-11-25-15/h1-9H,10-11H2,(H,20,24)(H,21,22,23). The molecule has 1 aliphatic heterocycles. The lowest BCUT2D eigenvalue weighted by molar-refractivity contribution is -0.113. The quantitative estimate of drug-likeness (QED) is 0.521. The van der Waals surface area contributed by atoms with Crippen LogP contribution in [0.4, 0.5) is 5.69 Å². The summed E-state index contributed by atoms with van der Waals surface area (Å²) in [6.07, 6.45) is 0. The van der Waals surface area contributed by atoms with Crippen molar-refractivity contribution in [3.63, 3.8) is 0 Å². The number of ether oxygens (including phenoxy) is 2. The van der Waals surface area contributed by atoms with Gasteiger partial charge in [-0.2, -0.15) is 0 Å². The van der Waals surface area contributed by atoms with Gasteiger partial charge in [-0.25, -0.2) is 4.98 Å². The fourth-order valence-electron chi connectivity index (χ4n) is 2.57. The molecule has 136 valence electrons. The molecule has 0 bridgehead atoms. The second kappa shape index (κ2) is 7.55. The zero-order valence-electron chi connectivity index (χ0n) is 14.1. The van der Waals surface area contributed by atoms with Crippen molar-refractivity contribution in [3.05, 3.63) is 65.0 Å². The van der Waals surface area contributed by atoms with Gasteiger partial charge in [-0.1, -0.05) is 42.1 Å². The number of carbonyl (C=O) groups excluding carboxylic acids is 1. The van der Waals surface area contributed by atoms with Crippen LogP contribution in [0, 0.1) is 0 Å². The maximum atomic E-state index is 12.2. The van der Waals surface area contributed by atoms with E-state index in [2.05, 4.69) is 15.3 Å². The lowest BCUT2D eigenvalue weighted by atomic mass is 10.1. The summed E-state index contributed by atoms with van der Waals surface area (Å²) in [5, 5.41) is 3.18. The maximum Gasteiger partial charge on any atom is 0.252 e. The van der Waals surface area contributed by atoms with Gasteiger partial charge in [0.25, 0.3) is 5.56 Å². The predicted octanol–water partition coefficient (Wildman–Crippen LogP) is 2.90. The van der Waals surface area contributed by atoms with Gasteiger partial charge >= 0.3 is 0 Å². The minimum Gasteiger partial charge on any atom is -0.454 e. The Morgan fingerprint density at radius 3 is 2.78 bits per heavy atom. The van der Waals surface area contributed by atoms with Crippen LogP contribution in [0.5, 0.6) is 11.5 Å². The van der Waals surface area contributed by atoms with Crippen molar-refractivity contribution in [2.75, 3.05) is 17.9 Å². The van der Waals surface area contributed by atoms with E-state index in [1.165, 1.54) is 6.07 Å². The third-order valence-electron chi connectivity index (χ3n) is 3.79. The Bertz CT molecular complexity index is 1040. The lowest BCUT2D eigenvalue weighted by Crippen LogP contribution is -2.15. The number of fused-ring (bicyclic) bond motifs is 1. The summed E-state index contributed by atoms with van der Waals surface area (Å²) in [5.74, 6) is 1.14. The number of aromatic nitrogens is 2. The number of anilines is 1. The van der Waals surface area contributed by atoms with Crippen LogP contribution in [-0.4, -0.2) is 28.4 Å². The Morgan fingerprint density at radius 1 is 1.11 bits per heavy atom. The molecule has 2 N–H and O–H groups in total. The number of H-pyrrole nitrogens is 1. The Hall–Kier alpha value is -3.26. The Kier molecular flexibility index (Phi) is 4.80. The summed E-state index contributed by atoms with van der Waals surface area (Å²) in [7, 11) is 0. The molecule has 0 fully saturated rings. The molecule has 1 aliphatic rings. The van der Waals surface area contributed by atoms with Gasteiger partial charge in [-0.15, -0.1) is 0 Å². The van der Waals surface area contributed by atoms with Crippen LogP contribution in [0.25, 0.3) is 11.3 Å². The van der Waals surface area contributed by atoms with Crippen LogP contribution in [-0.2, 0) is 4.79 Å². The number of thioether (sulfide) groups is 1. The third-order valence-corrected chi connectivity index (χ3v) is 4.66. The molecular weight excluding hydrogens is 366 g/mol. The summed E-state index contributed by atoms with van der Waals surface area (Å²) in [5.41, 5.74) is 1.76. The summed E-state index contributed by atoms with van der Waals surface area (Å²) < 4.78 is 10.5. The van der Waals surface area contributed by atoms with Gasteiger partial charge in [0.15, 0.2) is 16.7 Å². The van der Waals surface area contributed by atoms with E-state index in [1.54, 1.807) is 18.2 Å². The van der Waals surface area contributed by atoms with E-state index in [1.807, 2.05) is 30.3 Å². The normalized spacial score (nSPS) is 12.0. The van der Waals surface area contributed by atoms with E-state index >= 15 is 0 Å². The van der Waals surface area contributed by atoms with Crippen molar-refractivity contribution in [2.24, 2.45) is 0 Å². The number of amides is 1. The van der Waals surface area contributed by atoms with Crippen LogP contribution in [0.2, 0.25) is 0 Å². The molecule has 8 heteroatoms. The fourth-order valence-corrected chi connectivity index (χ4v) is 3.24. The number of nitrogens with one attached hydrogen (secondary N) is 2. The third kappa shape index (κ3) is 4.12. The number of benzene rings is 2. The van der Waals surface area contributed by atoms with Crippen LogP contribution >= 0.6 is 11.8 Å². The van der Waals surface area contributed by atoms with Gasteiger partial charge in [0.2, 0.25) is 12.7 Å². The van der Waals surface area contributed by atoms with E-state index in [4.69, 9.17) is 9.47 Å². The Balaban J connectivity index is 1.42. The highest BCUT2D eigenvalue weighted by molar-refractivity contribution is 7.99. The second-order valence-corrected chi connectivity index (χ2v) is 6.67. The molecule has 0 saturated carbocycles. The van der Waals surface area contributed by atoms with E-state index in [0.29, 0.717) is 28.0 Å². The molecule has 0 unspecified atom stereocenters. The molecule has 0 atom stereocenters. The van der Waals surface area contributed by atoms with Crippen molar-refractivity contribution in [2.45, 2.75) is 5.16 Å². The minimum atomic E-state index is -0.262. The Labute approximate surface area is 158 Å². The van der Waals surface area contributed by atoms with Gasteiger partial charge < -0.3 is 19.8 Å². The highest BCUT2D eigenvalue weighted by Crippen LogP contribution is 2.34. The number of aromatic amines is 1. The fraction of sp³-hybridized carbons (Fsp3) is 0.105. The molecular formula is C19H15N3O4S. The molecule has 2 heterocycles. The van der Waals surface area contributed by atoms with Crippen LogP contribution in [0.1, 0.15) is 0 Å². The van der Waals surface area contributed by atoms with Crippen molar-refractivity contribution in [3.8, 4) is 22.8 Å². The molecule has 0 radical (unpaired) electrons. The molecule has 3 aromatic rings. The number of carbonyl (C=O) groups is 1. The summed E-state index contributed by atoms with van der Waals surface area (Å²) in [6, 6.07) is 16.0. The molecule has 1 aromatic heterocycles. The smallest absolute Gasteiger partial charge is 0.252 e. The van der Waals surface area contributed by atoms with Gasteiger partial charge in [-0.05, 0) is 12.1 Å². The first-order valence-corrected chi connectivity index (χ1v) is 9.15. The molecule has 0 saturated heterocycles. The first kappa shape index (κ1) is 17.2. The zero-order valence-corrected chi connectivity index (χ0v) is 14.9. The van der Waals surface area contributed by atoms with Crippen molar-refractivity contribution < 1.29 is 14.3 Å². The average molecular weight is 381 g/mol. The van der Waals surface area contributed by atoms with Crippen molar-refractivity contribution in [1.29, 1.82) is 0 Å². The second-order valence-electron chi connectivity index (χ2n) is 5.71. The van der Waals surface area contributed by atoms with Gasteiger partial charge in [0.1, 0.15) is 0 Å². The number of rotatable bonds is 5. The zero-order chi connectivity index (χ0) is 18.6. The molecule has 2 aromatic carbocycles. The average Bonchev–Trinajstić information content (AvgIpc) is 3.14. The van der Waals surface area contributed by atoms with Gasteiger partial charge in [0, 0.05) is 23.4 Å². The molecule has 7 nitrogen and oxygen atoms in total. The molecule has 1 amide bonds. The molecule has 27 heavy (non-hydrogen) atoms. The van der Waals surface area contributed by atoms with Crippen molar-refractivity contribution in [1.82, 2.24) is 9.97 Å². The largest absolute Gasteiger partial charge is 0.454 e. The van der Waals surface area contributed by atoms with E-state index in [9.17, 15) is 9.59 Å². The van der Waals surface area contributed by atoms with E-state index in [0.717, 1.165) is 17.3 Å². The topological polar surface area (TPSA) is 93.3 Å². The summed E-state index contributed by atoms with van der Waals surface area (Å²) >= 11 is 1.16. The van der Waals surface area contributed by atoms with Crippen LogP contribution in [0.15, 0.2) is 64.5 Å². The van der Waals surface area contributed by atoms with Gasteiger partial charge in [0.05, 0.1) is 11.4 Å². The van der Waals surface area contributed by atoms with Gasteiger partial charge in [-0.3, -0.25) is 9.59 Å². The monoisotopic (exact) mass is 381 g/mol. The first-order chi connectivity index (χ1) is 13.2. The highest BCUT2D eigenvalue weighted by atomic mass is 32.2. The molecule has 0 aliphatic carbocycles. The minimum absolute atomic E-state index is 0.107. The van der Waals surface area contributed by atoms with Crippen LogP contribution in [0.3, 0.4) is 0 Å². The molecule has 4 rings (SSSR count). The number of nitrogens with zero attached hydrogens (tertiary/aromatic N) is 1. The summed E-state index contributed by atoms with van der Waals surface area (Å²) in [6.45, 7) is 0.180. The van der Waals surface area contributed by atoms with Crippen LogP contribution < -0.4 is 20.3 Å².